The molecule has 0 saturated carbocycles. The number of aromatic nitrogens is 1. The van der Waals surface area contributed by atoms with Crippen LogP contribution in [-0.4, -0.2) is 73.2 Å². The summed E-state index contributed by atoms with van der Waals surface area (Å²) in [6.07, 6.45) is 1.19. The third-order valence-corrected chi connectivity index (χ3v) is 6.76. The number of benzene rings is 1. The number of ether oxygens (including phenoxy) is 1. The fourth-order valence-corrected chi connectivity index (χ4v) is 4.97. The minimum atomic E-state index is 0. The number of aryl methyl sites for hydroxylation is 1. The quantitative estimate of drug-likeness (QED) is 0.376. The Morgan fingerprint density at radius 3 is 2.72 bits per heavy atom. The number of aliphatic imine (C=N–C) groups is 1. The second-order valence-electron chi connectivity index (χ2n) is 7.33. The van der Waals surface area contributed by atoms with E-state index >= 15 is 0 Å². The third kappa shape index (κ3) is 5.48. The highest BCUT2D eigenvalue weighted by Crippen LogP contribution is 2.27. The molecule has 1 aromatic heterocycles. The summed E-state index contributed by atoms with van der Waals surface area (Å²) in [5, 5.41) is 4.64. The van der Waals surface area contributed by atoms with Crippen LogP contribution in [0.15, 0.2) is 35.3 Å². The number of halogens is 1. The van der Waals surface area contributed by atoms with E-state index < -0.39 is 0 Å². The van der Waals surface area contributed by atoms with E-state index in [1.807, 2.05) is 13.1 Å². The van der Waals surface area contributed by atoms with Crippen LogP contribution >= 0.6 is 35.3 Å². The second-order valence-corrected chi connectivity index (χ2v) is 8.41. The van der Waals surface area contributed by atoms with Crippen LogP contribution < -0.4 is 5.32 Å². The first-order valence-corrected chi connectivity index (χ1v) is 10.9. The van der Waals surface area contributed by atoms with Crippen LogP contribution in [0.5, 0.6) is 0 Å². The van der Waals surface area contributed by atoms with Gasteiger partial charge in [0.1, 0.15) is 5.01 Å². The fourth-order valence-electron chi connectivity index (χ4n) is 3.96. The van der Waals surface area contributed by atoms with E-state index in [4.69, 9.17) is 9.72 Å². The molecule has 2 aliphatic heterocycles. The Kier molecular flexibility index (Phi) is 8.28. The van der Waals surface area contributed by atoms with Gasteiger partial charge in [-0.2, -0.15) is 0 Å². The van der Waals surface area contributed by atoms with Gasteiger partial charge in [-0.3, -0.25) is 9.89 Å². The summed E-state index contributed by atoms with van der Waals surface area (Å²) in [4.78, 5) is 15.5. The molecule has 2 aliphatic rings. The Morgan fingerprint density at radius 2 is 2.00 bits per heavy atom. The van der Waals surface area contributed by atoms with Gasteiger partial charge in [0.05, 0.1) is 25.5 Å². The van der Waals surface area contributed by atoms with E-state index in [1.165, 1.54) is 16.9 Å². The highest BCUT2D eigenvalue weighted by Gasteiger charge is 2.30. The molecule has 0 spiro atoms. The second kappa shape index (κ2) is 10.7. The molecule has 29 heavy (non-hydrogen) atoms. The Labute approximate surface area is 194 Å². The van der Waals surface area contributed by atoms with E-state index in [0.717, 1.165) is 62.6 Å². The molecule has 1 unspecified atom stereocenters. The van der Waals surface area contributed by atoms with Crippen molar-refractivity contribution < 1.29 is 4.74 Å². The molecule has 1 N–H and O–H groups in total. The number of thiazole rings is 1. The number of nitrogens with zero attached hydrogens (tertiary/aromatic N) is 4. The summed E-state index contributed by atoms with van der Waals surface area (Å²) < 4.78 is 5.49. The van der Waals surface area contributed by atoms with E-state index in [1.54, 1.807) is 11.3 Å². The van der Waals surface area contributed by atoms with Gasteiger partial charge in [0.25, 0.3) is 0 Å². The largest absolute Gasteiger partial charge is 0.379 e. The lowest BCUT2D eigenvalue weighted by atomic mass is 10.2. The Morgan fingerprint density at radius 1 is 1.24 bits per heavy atom. The molecule has 0 bridgehead atoms. The number of guanidine groups is 1. The highest BCUT2D eigenvalue weighted by atomic mass is 127. The molecule has 4 rings (SSSR count). The standard InChI is InChI=1S/C21H29N5OS.HI/c1-16-19(28-20(24-16)17-6-4-3-5-7-17)14-23-21(22-2)26-9-8-18(15-26)25-10-12-27-13-11-25;/h3-7,18H,8-15H2,1-2H3,(H,22,23);1H. The van der Waals surface area contributed by atoms with Gasteiger partial charge < -0.3 is 15.0 Å². The molecule has 2 aromatic rings. The van der Waals surface area contributed by atoms with Crippen molar-refractivity contribution in [2.24, 2.45) is 4.99 Å². The van der Waals surface area contributed by atoms with E-state index in [0.29, 0.717) is 6.04 Å². The molecule has 2 saturated heterocycles. The zero-order valence-electron chi connectivity index (χ0n) is 17.1. The number of hydrogen-bond donors (Lipinski definition) is 1. The van der Waals surface area contributed by atoms with Crippen molar-refractivity contribution in [2.45, 2.75) is 25.9 Å². The SMILES string of the molecule is CN=C(NCc1sc(-c2ccccc2)nc1C)N1CCC(N2CCOCC2)C1.I. The van der Waals surface area contributed by atoms with Crippen molar-refractivity contribution in [3.8, 4) is 10.6 Å². The fraction of sp³-hybridized carbons (Fsp3) is 0.524. The van der Waals surface area contributed by atoms with Gasteiger partial charge in [0.15, 0.2) is 5.96 Å². The monoisotopic (exact) mass is 527 g/mol. The maximum absolute atomic E-state index is 5.49. The van der Waals surface area contributed by atoms with Gasteiger partial charge in [-0.1, -0.05) is 30.3 Å². The summed E-state index contributed by atoms with van der Waals surface area (Å²) in [7, 11) is 1.87. The topological polar surface area (TPSA) is 53.0 Å². The van der Waals surface area contributed by atoms with Gasteiger partial charge >= 0.3 is 0 Å². The summed E-state index contributed by atoms with van der Waals surface area (Å²) in [6, 6.07) is 11.0. The number of nitrogens with one attached hydrogen (secondary N) is 1. The van der Waals surface area contributed by atoms with Crippen LogP contribution in [0.25, 0.3) is 10.6 Å². The van der Waals surface area contributed by atoms with Gasteiger partial charge in [-0.05, 0) is 13.3 Å². The van der Waals surface area contributed by atoms with E-state index in [9.17, 15) is 0 Å². The van der Waals surface area contributed by atoms with Crippen LogP contribution in [0.1, 0.15) is 17.0 Å². The Balaban J connectivity index is 0.00000240. The van der Waals surface area contributed by atoms with E-state index in [-0.39, 0.29) is 24.0 Å². The molecule has 2 fully saturated rings. The van der Waals surface area contributed by atoms with E-state index in [2.05, 4.69) is 51.3 Å². The van der Waals surface area contributed by atoms with Crippen molar-refractivity contribution in [3.63, 3.8) is 0 Å². The molecular weight excluding hydrogens is 497 g/mol. The molecule has 1 atom stereocenters. The average molecular weight is 527 g/mol. The van der Waals surface area contributed by atoms with Crippen LogP contribution in [0.3, 0.4) is 0 Å². The summed E-state index contributed by atoms with van der Waals surface area (Å²) in [5.74, 6) is 0.991. The lowest BCUT2D eigenvalue weighted by Crippen LogP contribution is -2.46. The molecule has 3 heterocycles. The Bertz CT molecular complexity index is 807. The molecule has 0 amide bonds. The average Bonchev–Trinajstić information content (AvgIpc) is 3.37. The van der Waals surface area contributed by atoms with Crippen molar-refractivity contribution in [2.75, 3.05) is 46.4 Å². The molecule has 0 radical (unpaired) electrons. The molecular formula is C21H30IN5OS. The normalized spacial score (nSPS) is 20.6. The molecule has 6 nitrogen and oxygen atoms in total. The zero-order valence-corrected chi connectivity index (χ0v) is 20.3. The zero-order chi connectivity index (χ0) is 19.3. The minimum Gasteiger partial charge on any atom is -0.379 e. The first kappa shape index (κ1) is 22.5. The first-order valence-electron chi connectivity index (χ1n) is 10.0. The molecule has 8 heteroatoms. The minimum absolute atomic E-state index is 0. The summed E-state index contributed by atoms with van der Waals surface area (Å²) in [5.41, 5.74) is 2.28. The first-order chi connectivity index (χ1) is 13.7. The van der Waals surface area contributed by atoms with Gasteiger partial charge in [-0.25, -0.2) is 4.98 Å². The van der Waals surface area contributed by atoms with Gasteiger partial charge in [0, 0.05) is 49.7 Å². The van der Waals surface area contributed by atoms with Crippen LogP contribution in [0.4, 0.5) is 0 Å². The number of likely N-dealkylation sites (tertiary alicyclic amines) is 1. The summed E-state index contributed by atoms with van der Waals surface area (Å²) >= 11 is 1.76. The molecule has 1 aromatic carbocycles. The predicted octanol–water partition coefficient (Wildman–Crippen LogP) is 3.22. The number of rotatable bonds is 4. The smallest absolute Gasteiger partial charge is 0.193 e. The van der Waals surface area contributed by atoms with Gasteiger partial charge in [0.2, 0.25) is 0 Å². The molecule has 0 aliphatic carbocycles. The van der Waals surface area contributed by atoms with Crippen LogP contribution in [-0.2, 0) is 11.3 Å². The Hall–Kier alpha value is -1.23. The summed E-state index contributed by atoms with van der Waals surface area (Å²) in [6.45, 7) is 8.76. The van der Waals surface area contributed by atoms with Crippen molar-refractivity contribution in [1.82, 2.24) is 20.1 Å². The lowest BCUT2D eigenvalue weighted by Gasteiger charge is -2.32. The highest BCUT2D eigenvalue weighted by molar-refractivity contribution is 14.0. The van der Waals surface area contributed by atoms with Gasteiger partial charge in [-0.15, -0.1) is 35.3 Å². The maximum Gasteiger partial charge on any atom is 0.193 e. The van der Waals surface area contributed by atoms with Crippen molar-refractivity contribution in [1.29, 1.82) is 0 Å². The maximum atomic E-state index is 5.49. The number of morpholine rings is 1. The van der Waals surface area contributed by atoms with Crippen molar-refractivity contribution in [3.05, 3.63) is 40.9 Å². The van der Waals surface area contributed by atoms with Crippen LogP contribution in [0, 0.1) is 6.92 Å². The predicted molar refractivity (Wildman–Crippen MR) is 130 cm³/mol. The third-order valence-electron chi connectivity index (χ3n) is 5.56. The molecule has 158 valence electrons. The number of hydrogen-bond acceptors (Lipinski definition) is 5. The van der Waals surface area contributed by atoms with Crippen molar-refractivity contribution >= 4 is 41.3 Å². The lowest BCUT2D eigenvalue weighted by molar-refractivity contribution is 0.0195. The van der Waals surface area contributed by atoms with Crippen LogP contribution in [0.2, 0.25) is 0 Å².